The van der Waals surface area contributed by atoms with Crippen LogP contribution in [0, 0.1) is 0 Å². The van der Waals surface area contributed by atoms with Crippen LogP contribution in [0.15, 0.2) is 48.9 Å². The van der Waals surface area contributed by atoms with Gasteiger partial charge in [-0.2, -0.15) is 10.2 Å². The number of rotatable bonds is 6. The number of hydrogen-bond donors (Lipinski definition) is 2. The monoisotopic (exact) mass is 352 g/mol. The highest BCUT2D eigenvalue weighted by Gasteiger charge is 2.18. The second-order valence-corrected chi connectivity index (χ2v) is 5.95. The molecule has 3 rings (SSSR count). The minimum absolute atomic E-state index is 0.203. The van der Waals surface area contributed by atoms with E-state index in [9.17, 15) is 9.59 Å². The number of aromatic nitrogens is 4. The third kappa shape index (κ3) is 4.15. The molecule has 134 valence electrons. The van der Waals surface area contributed by atoms with E-state index < -0.39 is 0 Å². The number of anilines is 1. The van der Waals surface area contributed by atoms with E-state index in [1.807, 2.05) is 43.6 Å². The summed E-state index contributed by atoms with van der Waals surface area (Å²) in [5.41, 5.74) is 2.47. The summed E-state index contributed by atoms with van der Waals surface area (Å²) in [6.07, 6.45) is 5.21. The molecule has 0 aliphatic heterocycles. The van der Waals surface area contributed by atoms with Crippen molar-refractivity contribution in [2.24, 2.45) is 14.1 Å². The van der Waals surface area contributed by atoms with E-state index in [1.165, 1.54) is 10.9 Å². The number of carbonyl (C=O) groups excluding carboxylic acids is 2. The van der Waals surface area contributed by atoms with Gasteiger partial charge in [-0.3, -0.25) is 19.0 Å². The Balaban J connectivity index is 1.65. The van der Waals surface area contributed by atoms with Gasteiger partial charge >= 0.3 is 0 Å². The molecule has 8 heteroatoms. The maximum Gasteiger partial charge on any atom is 0.271 e. The second-order valence-electron chi connectivity index (χ2n) is 5.95. The molecule has 0 spiro atoms. The van der Waals surface area contributed by atoms with Crippen molar-refractivity contribution < 1.29 is 9.59 Å². The molecular formula is C18H20N6O2. The van der Waals surface area contributed by atoms with Gasteiger partial charge in [0.25, 0.3) is 5.91 Å². The Labute approximate surface area is 150 Å². The third-order valence-electron chi connectivity index (χ3n) is 3.85. The molecule has 2 heterocycles. The van der Waals surface area contributed by atoms with Gasteiger partial charge in [0.2, 0.25) is 5.91 Å². The van der Waals surface area contributed by atoms with Crippen LogP contribution in [-0.2, 0) is 31.9 Å². The van der Waals surface area contributed by atoms with Gasteiger partial charge in [0.05, 0.1) is 24.5 Å². The Morgan fingerprint density at radius 2 is 1.81 bits per heavy atom. The molecule has 26 heavy (non-hydrogen) atoms. The minimum atomic E-state index is -0.316. The van der Waals surface area contributed by atoms with Crippen molar-refractivity contribution in [3.8, 4) is 0 Å². The zero-order valence-electron chi connectivity index (χ0n) is 14.6. The highest BCUT2D eigenvalue weighted by atomic mass is 16.2. The molecule has 0 fully saturated rings. The highest BCUT2D eigenvalue weighted by Crippen LogP contribution is 2.15. The fraction of sp³-hybridized carbons (Fsp3) is 0.222. The number of aryl methyl sites for hydroxylation is 2. The molecule has 2 aromatic heterocycles. The van der Waals surface area contributed by atoms with Gasteiger partial charge in [-0.15, -0.1) is 0 Å². The summed E-state index contributed by atoms with van der Waals surface area (Å²) in [5, 5.41) is 13.7. The Bertz CT molecular complexity index is 913. The molecule has 8 nitrogen and oxygen atoms in total. The van der Waals surface area contributed by atoms with Crippen molar-refractivity contribution in [3.05, 3.63) is 65.7 Å². The highest BCUT2D eigenvalue weighted by molar-refractivity contribution is 6.02. The average molecular weight is 352 g/mol. The fourth-order valence-corrected chi connectivity index (χ4v) is 2.60. The van der Waals surface area contributed by atoms with E-state index in [0.29, 0.717) is 17.9 Å². The van der Waals surface area contributed by atoms with Crippen LogP contribution in [0.1, 0.15) is 21.6 Å². The molecular weight excluding hydrogens is 332 g/mol. The lowest BCUT2D eigenvalue weighted by Crippen LogP contribution is -2.27. The summed E-state index contributed by atoms with van der Waals surface area (Å²) in [6, 6.07) is 9.41. The molecule has 0 aliphatic carbocycles. The molecule has 0 radical (unpaired) electrons. The molecule has 0 saturated carbocycles. The summed E-state index contributed by atoms with van der Waals surface area (Å²) in [4.78, 5) is 24.8. The Hall–Kier alpha value is -3.42. The van der Waals surface area contributed by atoms with Crippen LogP contribution < -0.4 is 10.6 Å². The first-order valence-electron chi connectivity index (χ1n) is 8.14. The van der Waals surface area contributed by atoms with E-state index >= 15 is 0 Å². The quantitative estimate of drug-likeness (QED) is 0.698. The van der Waals surface area contributed by atoms with Crippen LogP contribution in [-0.4, -0.2) is 31.4 Å². The molecule has 2 amide bonds. The van der Waals surface area contributed by atoms with Crippen molar-refractivity contribution in [1.29, 1.82) is 0 Å². The first kappa shape index (κ1) is 17.4. The number of hydrogen-bond acceptors (Lipinski definition) is 4. The molecule has 3 aromatic rings. The molecule has 2 N–H and O–H groups in total. The van der Waals surface area contributed by atoms with Gasteiger partial charge in [0, 0.05) is 32.4 Å². The van der Waals surface area contributed by atoms with Crippen LogP contribution in [0.25, 0.3) is 0 Å². The molecule has 1 aromatic carbocycles. The van der Waals surface area contributed by atoms with Crippen molar-refractivity contribution in [2.45, 2.75) is 13.0 Å². The fourth-order valence-electron chi connectivity index (χ4n) is 2.60. The van der Waals surface area contributed by atoms with E-state index in [1.54, 1.807) is 17.9 Å². The van der Waals surface area contributed by atoms with Crippen LogP contribution >= 0.6 is 0 Å². The first-order valence-corrected chi connectivity index (χ1v) is 8.14. The normalized spacial score (nSPS) is 10.5. The van der Waals surface area contributed by atoms with Crippen LogP contribution in [0.4, 0.5) is 5.69 Å². The lowest BCUT2D eigenvalue weighted by Gasteiger charge is -2.08. The smallest absolute Gasteiger partial charge is 0.271 e. The molecule has 0 aliphatic rings. The van der Waals surface area contributed by atoms with Gasteiger partial charge < -0.3 is 10.6 Å². The number of nitrogens with zero attached hydrogens (tertiary/aromatic N) is 4. The van der Waals surface area contributed by atoms with Crippen LogP contribution in [0.2, 0.25) is 0 Å². The van der Waals surface area contributed by atoms with Gasteiger partial charge in [0.1, 0.15) is 5.69 Å². The SMILES string of the molecule is Cn1cc(CNC(=O)c2c(NC(=O)Cc3ccccc3)cnn2C)cn1. The maximum atomic E-state index is 12.5. The minimum Gasteiger partial charge on any atom is -0.346 e. The van der Waals surface area contributed by atoms with E-state index in [4.69, 9.17) is 0 Å². The van der Waals surface area contributed by atoms with Crippen LogP contribution in [0.5, 0.6) is 0 Å². The topological polar surface area (TPSA) is 93.8 Å². The molecule has 0 unspecified atom stereocenters. The molecule has 0 saturated heterocycles. The molecule has 0 atom stereocenters. The van der Waals surface area contributed by atoms with Crippen LogP contribution in [0.3, 0.4) is 0 Å². The van der Waals surface area contributed by atoms with Crippen molar-refractivity contribution >= 4 is 17.5 Å². The van der Waals surface area contributed by atoms with Gasteiger partial charge in [-0.05, 0) is 5.56 Å². The number of benzene rings is 1. The maximum absolute atomic E-state index is 12.5. The standard InChI is InChI=1S/C18H20N6O2/c1-23-12-14(10-20-23)9-19-18(26)17-15(11-21-24(17)2)22-16(25)8-13-6-4-3-5-7-13/h3-7,10-12H,8-9H2,1-2H3,(H,19,26)(H,22,25). The number of carbonyl (C=O) groups is 2. The number of nitrogens with one attached hydrogen (secondary N) is 2. The van der Waals surface area contributed by atoms with Gasteiger partial charge in [0.15, 0.2) is 0 Å². The predicted octanol–water partition coefficient (Wildman–Crippen LogP) is 1.26. The predicted molar refractivity (Wildman–Crippen MR) is 96.4 cm³/mol. The molecule has 0 bridgehead atoms. The first-order chi connectivity index (χ1) is 12.5. The van der Waals surface area contributed by atoms with E-state index in [-0.39, 0.29) is 18.2 Å². The Kier molecular flexibility index (Phi) is 5.12. The van der Waals surface area contributed by atoms with Crippen molar-refractivity contribution in [1.82, 2.24) is 24.9 Å². The largest absolute Gasteiger partial charge is 0.346 e. The summed E-state index contributed by atoms with van der Waals surface area (Å²) >= 11 is 0. The third-order valence-corrected chi connectivity index (χ3v) is 3.85. The van der Waals surface area contributed by atoms with Gasteiger partial charge in [-0.1, -0.05) is 30.3 Å². The van der Waals surface area contributed by atoms with Crippen molar-refractivity contribution in [2.75, 3.05) is 5.32 Å². The van der Waals surface area contributed by atoms with E-state index in [0.717, 1.165) is 11.1 Å². The van der Waals surface area contributed by atoms with E-state index in [2.05, 4.69) is 20.8 Å². The summed E-state index contributed by atoms with van der Waals surface area (Å²) < 4.78 is 3.11. The van der Waals surface area contributed by atoms with Crippen molar-refractivity contribution in [3.63, 3.8) is 0 Å². The zero-order chi connectivity index (χ0) is 18.5. The Morgan fingerprint density at radius 1 is 1.04 bits per heavy atom. The summed E-state index contributed by atoms with van der Waals surface area (Å²) in [7, 11) is 3.47. The Morgan fingerprint density at radius 3 is 2.50 bits per heavy atom. The second kappa shape index (κ2) is 7.64. The summed E-state index contributed by atoms with van der Waals surface area (Å²) in [6.45, 7) is 0.343. The zero-order valence-corrected chi connectivity index (χ0v) is 14.6. The lowest BCUT2D eigenvalue weighted by atomic mass is 10.1. The lowest BCUT2D eigenvalue weighted by molar-refractivity contribution is -0.115. The average Bonchev–Trinajstić information content (AvgIpc) is 3.19. The number of amides is 2. The summed E-state index contributed by atoms with van der Waals surface area (Å²) in [5.74, 6) is -0.519. The van der Waals surface area contributed by atoms with Gasteiger partial charge in [-0.25, -0.2) is 0 Å².